The second-order valence-corrected chi connectivity index (χ2v) is 6.46. The number of nitrogens with zero attached hydrogens (tertiary/aromatic N) is 1. The van der Waals surface area contributed by atoms with Gasteiger partial charge in [-0.1, -0.05) is 31.5 Å². The van der Waals surface area contributed by atoms with Crippen molar-refractivity contribution in [3.8, 4) is 0 Å². The van der Waals surface area contributed by atoms with Crippen molar-refractivity contribution < 1.29 is 4.74 Å². The molecule has 2 rings (SSSR count). The molecule has 1 atom stereocenters. The Morgan fingerprint density at radius 2 is 2.24 bits per heavy atom. The molecular weight excluding hydrogens is 284 g/mol. The van der Waals surface area contributed by atoms with Gasteiger partial charge in [-0.3, -0.25) is 0 Å². The molecule has 1 unspecified atom stereocenters. The fourth-order valence-electron chi connectivity index (χ4n) is 3.16. The monoisotopic (exact) mass is 310 g/mol. The third-order valence-electron chi connectivity index (χ3n) is 4.26. The predicted molar refractivity (Wildman–Crippen MR) is 90.2 cm³/mol. The van der Waals surface area contributed by atoms with Crippen molar-refractivity contribution in [1.29, 1.82) is 0 Å². The number of ether oxygens (including phenoxy) is 1. The summed E-state index contributed by atoms with van der Waals surface area (Å²) in [6, 6.07) is 6.88. The molecule has 1 aliphatic rings. The van der Waals surface area contributed by atoms with E-state index in [-0.39, 0.29) is 0 Å². The van der Waals surface area contributed by atoms with Crippen LogP contribution in [-0.4, -0.2) is 32.8 Å². The standard InChI is InChI=1S/C17H27ClN2O/c1-13(2)16-8-5-10-20(16)17-7-4-6-15(18)14(17)12-19-9-11-21-3/h4,6-7,13,16,19H,5,8-12H2,1-3H3. The first-order valence-electron chi connectivity index (χ1n) is 7.88. The molecule has 0 amide bonds. The summed E-state index contributed by atoms with van der Waals surface area (Å²) in [6.45, 7) is 8.11. The normalized spacial score (nSPS) is 18.7. The highest BCUT2D eigenvalue weighted by molar-refractivity contribution is 6.31. The number of rotatable bonds is 7. The van der Waals surface area contributed by atoms with Gasteiger partial charge >= 0.3 is 0 Å². The second-order valence-electron chi connectivity index (χ2n) is 6.05. The predicted octanol–water partition coefficient (Wildman–Crippen LogP) is 3.70. The average molecular weight is 311 g/mol. The maximum absolute atomic E-state index is 6.45. The first-order chi connectivity index (χ1) is 10.1. The summed E-state index contributed by atoms with van der Waals surface area (Å²) in [4.78, 5) is 2.55. The fraction of sp³-hybridized carbons (Fsp3) is 0.647. The van der Waals surface area contributed by atoms with Crippen LogP contribution in [0.25, 0.3) is 0 Å². The van der Waals surface area contributed by atoms with Gasteiger partial charge in [-0.05, 0) is 30.9 Å². The van der Waals surface area contributed by atoms with E-state index in [1.165, 1.54) is 24.1 Å². The minimum Gasteiger partial charge on any atom is -0.383 e. The first kappa shape index (κ1) is 16.6. The minimum atomic E-state index is 0.626. The van der Waals surface area contributed by atoms with Gasteiger partial charge in [0.25, 0.3) is 0 Å². The van der Waals surface area contributed by atoms with E-state index in [2.05, 4.69) is 36.2 Å². The highest BCUT2D eigenvalue weighted by atomic mass is 35.5. The topological polar surface area (TPSA) is 24.5 Å². The molecular formula is C17H27ClN2O. The lowest BCUT2D eigenvalue weighted by Gasteiger charge is -2.32. The third-order valence-corrected chi connectivity index (χ3v) is 4.61. The Bertz CT molecular complexity index is 450. The molecule has 0 aliphatic carbocycles. The maximum Gasteiger partial charge on any atom is 0.0587 e. The van der Waals surface area contributed by atoms with Crippen molar-refractivity contribution in [2.45, 2.75) is 39.3 Å². The Labute approximate surface area is 133 Å². The van der Waals surface area contributed by atoms with E-state index in [0.29, 0.717) is 12.0 Å². The number of hydrogen-bond acceptors (Lipinski definition) is 3. The summed E-state index contributed by atoms with van der Waals surface area (Å²) >= 11 is 6.45. The number of nitrogens with one attached hydrogen (secondary N) is 1. The lowest BCUT2D eigenvalue weighted by atomic mass is 10.0. The number of benzene rings is 1. The number of hydrogen-bond donors (Lipinski definition) is 1. The molecule has 0 aromatic heterocycles. The molecule has 1 aromatic carbocycles. The Balaban J connectivity index is 2.16. The van der Waals surface area contributed by atoms with Crippen LogP contribution in [0, 0.1) is 5.92 Å². The zero-order valence-corrected chi connectivity index (χ0v) is 14.1. The van der Waals surface area contributed by atoms with E-state index in [9.17, 15) is 0 Å². The van der Waals surface area contributed by atoms with Gasteiger partial charge < -0.3 is 15.0 Å². The Hall–Kier alpha value is -0.770. The van der Waals surface area contributed by atoms with Gasteiger partial charge in [0.05, 0.1) is 6.61 Å². The Morgan fingerprint density at radius 3 is 2.95 bits per heavy atom. The van der Waals surface area contributed by atoms with Crippen molar-refractivity contribution >= 4 is 17.3 Å². The van der Waals surface area contributed by atoms with Crippen molar-refractivity contribution in [2.24, 2.45) is 5.92 Å². The zero-order valence-electron chi connectivity index (χ0n) is 13.4. The van der Waals surface area contributed by atoms with Crippen LogP contribution in [-0.2, 0) is 11.3 Å². The van der Waals surface area contributed by atoms with Gasteiger partial charge in [-0.15, -0.1) is 0 Å². The molecule has 0 saturated carbocycles. The van der Waals surface area contributed by atoms with Crippen LogP contribution in [0.3, 0.4) is 0 Å². The molecule has 0 radical (unpaired) electrons. The zero-order chi connectivity index (χ0) is 15.2. The van der Waals surface area contributed by atoms with E-state index in [1.54, 1.807) is 7.11 Å². The first-order valence-corrected chi connectivity index (χ1v) is 8.26. The smallest absolute Gasteiger partial charge is 0.0587 e. The van der Waals surface area contributed by atoms with Gasteiger partial charge in [0.2, 0.25) is 0 Å². The highest BCUT2D eigenvalue weighted by Crippen LogP contribution is 2.34. The molecule has 0 spiro atoms. The van der Waals surface area contributed by atoms with Crippen molar-refractivity contribution in [3.05, 3.63) is 28.8 Å². The van der Waals surface area contributed by atoms with Gasteiger partial charge in [-0.2, -0.15) is 0 Å². The Morgan fingerprint density at radius 1 is 1.43 bits per heavy atom. The van der Waals surface area contributed by atoms with Crippen molar-refractivity contribution in [2.75, 3.05) is 31.7 Å². The summed E-state index contributed by atoms with van der Waals surface area (Å²) in [6.07, 6.45) is 2.55. The van der Waals surface area contributed by atoms with E-state index in [0.717, 1.165) is 31.3 Å². The van der Waals surface area contributed by atoms with Gasteiger partial charge in [-0.25, -0.2) is 0 Å². The molecule has 21 heavy (non-hydrogen) atoms. The molecule has 1 N–H and O–H groups in total. The lowest BCUT2D eigenvalue weighted by molar-refractivity contribution is 0.199. The Kier molecular flexibility index (Phi) is 6.34. The minimum absolute atomic E-state index is 0.626. The van der Waals surface area contributed by atoms with Gasteiger partial charge in [0.15, 0.2) is 0 Å². The molecule has 3 nitrogen and oxygen atoms in total. The van der Waals surface area contributed by atoms with Crippen LogP contribution in [0.4, 0.5) is 5.69 Å². The number of halogens is 1. The van der Waals surface area contributed by atoms with Crippen LogP contribution < -0.4 is 10.2 Å². The van der Waals surface area contributed by atoms with E-state index >= 15 is 0 Å². The third kappa shape index (κ3) is 4.12. The summed E-state index contributed by atoms with van der Waals surface area (Å²) < 4.78 is 5.08. The molecule has 1 fully saturated rings. The average Bonchev–Trinajstić information content (AvgIpc) is 2.94. The molecule has 1 aromatic rings. The molecule has 4 heteroatoms. The molecule has 1 heterocycles. The lowest BCUT2D eigenvalue weighted by Crippen LogP contribution is -2.34. The van der Waals surface area contributed by atoms with Crippen molar-refractivity contribution in [1.82, 2.24) is 5.32 Å². The highest BCUT2D eigenvalue weighted by Gasteiger charge is 2.28. The number of methoxy groups -OCH3 is 1. The SMILES string of the molecule is COCCNCc1c(Cl)cccc1N1CCCC1C(C)C. The number of anilines is 1. The van der Waals surface area contributed by atoms with Gasteiger partial charge in [0.1, 0.15) is 0 Å². The van der Waals surface area contributed by atoms with Crippen molar-refractivity contribution in [3.63, 3.8) is 0 Å². The van der Waals surface area contributed by atoms with E-state index in [1.807, 2.05) is 6.07 Å². The summed E-state index contributed by atoms with van der Waals surface area (Å²) in [5.41, 5.74) is 2.51. The maximum atomic E-state index is 6.45. The summed E-state index contributed by atoms with van der Waals surface area (Å²) in [7, 11) is 1.72. The van der Waals surface area contributed by atoms with Crippen LogP contribution >= 0.6 is 11.6 Å². The quantitative estimate of drug-likeness (QED) is 0.777. The van der Waals surface area contributed by atoms with Crippen LogP contribution in [0.5, 0.6) is 0 Å². The van der Waals surface area contributed by atoms with Crippen LogP contribution in [0.1, 0.15) is 32.3 Å². The van der Waals surface area contributed by atoms with E-state index in [4.69, 9.17) is 16.3 Å². The molecule has 0 bridgehead atoms. The molecule has 1 saturated heterocycles. The summed E-state index contributed by atoms with van der Waals surface area (Å²) in [5, 5.41) is 4.27. The van der Waals surface area contributed by atoms with Gasteiger partial charge in [0, 0.05) is 49.1 Å². The second kappa shape index (κ2) is 8.02. The largest absolute Gasteiger partial charge is 0.383 e. The molecule has 1 aliphatic heterocycles. The summed E-state index contributed by atoms with van der Waals surface area (Å²) in [5.74, 6) is 0.667. The van der Waals surface area contributed by atoms with Crippen LogP contribution in [0.2, 0.25) is 5.02 Å². The van der Waals surface area contributed by atoms with Crippen LogP contribution in [0.15, 0.2) is 18.2 Å². The van der Waals surface area contributed by atoms with E-state index < -0.39 is 0 Å². The molecule has 118 valence electrons. The fourth-order valence-corrected chi connectivity index (χ4v) is 3.40.